The molecule has 0 amide bonds. The number of nitrogens with one attached hydrogen (secondary N) is 1. The number of rotatable bonds is 5. The quantitative estimate of drug-likeness (QED) is 0.598. The van der Waals surface area contributed by atoms with E-state index < -0.39 is 0 Å². The highest BCUT2D eigenvalue weighted by Crippen LogP contribution is 2.34. The summed E-state index contributed by atoms with van der Waals surface area (Å²) in [5.74, 6) is 1.78. The Morgan fingerprint density at radius 2 is 1.73 bits per heavy atom. The van der Waals surface area contributed by atoms with Gasteiger partial charge in [-0.15, -0.1) is 24.8 Å². The van der Waals surface area contributed by atoms with Crippen molar-refractivity contribution in [3.8, 4) is 5.75 Å². The zero-order valence-corrected chi connectivity index (χ0v) is 17.0. The van der Waals surface area contributed by atoms with E-state index in [1.54, 1.807) is 0 Å². The first-order chi connectivity index (χ1) is 11.6. The summed E-state index contributed by atoms with van der Waals surface area (Å²) in [6, 6.07) is 11.4. The third-order valence-electron chi connectivity index (χ3n) is 3.55. The Balaban J connectivity index is 0.00000169. The molecule has 3 rings (SSSR count). The minimum atomic E-state index is 0. The van der Waals surface area contributed by atoms with Crippen LogP contribution in [-0.2, 0) is 13.1 Å². The molecule has 0 radical (unpaired) electrons. The first kappa shape index (κ1) is 22.5. The summed E-state index contributed by atoms with van der Waals surface area (Å²) in [6.07, 6.45) is 0. The summed E-state index contributed by atoms with van der Waals surface area (Å²) in [6.45, 7) is 0.786. The monoisotopic (exact) mass is 434 g/mol. The minimum absolute atomic E-state index is 0. The van der Waals surface area contributed by atoms with Crippen LogP contribution in [0.1, 0.15) is 11.4 Å². The summed E-state index contributed by atoms with van der Waals surface area (Å²) in [5, 5.41) is 5.18. The molecule has 1 heterocycles. The Hall–Kier alpha value is -1.50. The van der Waals surface area contributed by atoms with E-state index in [1.165, 1.54) is 7.11 Å². The lowest BCUT2D eigenvalue weighted by Gasteiger charge is -2.12. The Labute approximate surface area is 174 Å². The fourth-order valence-electron chi connectivity index (χ4n) is 2.45. The van der Waals surface area contributed by atoms with Crippen molar-refractivity contribution in [3.63, 3.8) is 0 Å². The van der Waals surface area contributed by atoms with Crippen LogP contribution in [0.25, 0.3) is 10.9 Å². The number of anilines is 1. The molecule has 9 heteroatoms. The number of hydrogen-bond donors (Lipinski definition) is 2. The van der Waals surface area contributed by atoms with Crippen LogP contribution in [-0.4, -0.2) is 17.1 Å². The molecule has 0 spiro atoms. The number of benzene rings is 2. The predicted molar refractivity (Wildman–Crippen MR) is 112 cm³/mol. The van der Waals surface area contributed by atoms with E-state index in [0.29, 0.717) is 28.2 Å². The molecule has 0 unspecified atom stereocenters. The van der Waals surface area contributed by atoms with Gasteiger partial charge in [-0.05, 0) is 29.8 Å². The van der Waals surface area contributed by atoms with Crippen molar-refractivity contribution < 1.29 is 4.74 Å². The molecule has 3 aromatic rings. The maximum atomic E-state index is 6.18. The Morgan fingerprint density at radius 3 is 2.35 bits per heavy atom. The van der Waals surface area contributed by atoms with Crippen LogP contribution in [0.2, 0.25) is 10.0 Å². The first-order valence-electron chi connectivity index (χ1n) is 7.34. The van der Waals surface area contributed by atoms with Gasteiger partial charge in [0.05, 0.1) is 29.2 Å². The molecule has 0 aliphatic carbocycles. The molecule has 26 heavy (non-hydrogen) atoms. The molecule has 0 saturated heterocycles. The Kier molecular flexibility index (Phi) is 8.67. The van der Waals surface area contributed by atoms with Crippen LogP contribution in [0, 0.1) is 0 Å². The molecule has 0 atom stereocenters. The molecule has 0 bridgehead atoms. The lowest BCUT2D eigenvalue weighted by molar-refractivity contribution is 0.415. The second kappa shape index (κ2) is 10.00. The number of hydrogen-bond acceptors (Lipinski definition) is 5. The maximum absolute atomic E-state index is 6.18. The molecular weight excluding hydrogens is 418 g/mol. The smallest absolute Gasteiger partial charge is 0.156 e. The zero-order valence-electron chi connectivity index (χ0n) is 13.8. The van der Waals surface area contributed by atoms with E-state index in [-0.39, 0.29) is 31.4 Å². The van der Waals surface area contributed by atoms with Crippen LogP contribution >= 0.6 is 48.0 Å². The SMILES string of the molecule is COc1c(Cl)cc(CNc2nc(CN)nc3ccccc23)cc1Cl.Cl.Cl. The Bertz CT molecular complexity index is 869. The van der Waals surface area contributed by atoms with Gasteiger partial charge < -0.3 is 15.8 Å². The summed E-state index contributed by atoms with van der Waals surface area (Å²) in [5.41, 5.74) is 7.45. The van der Waals surface area contributed by atoms with E-state index >= 15 is 0 Å². The minimum Gasteiger partial charge on any atom is -0.494 e. The van der Waals surface area contributed by atoms with Gasteiger partial charge in [0, 0.05) is 11.9 Å². The van der Waals surface area contributed by atoms with Crippen molar-refractivity contribution in [2.45, 2.75) is 13.1 Å². The van der Waals surface area contributed by atoms with Crippen LogP contribution in [0.5, 0.6) is 5.75 Å². The van der Waals surface area contributed by atoms with Crippen LogP contribution in [0.3, 0.4) is 0 Å². The van der Waals surface area contributed by atoms with Crippen LogP contribution in [0.15, 0.2) is 36.4 Å². The third-order valence-corrected chi connectivity index (χ3v) is 4.12. The number of aromatic nitrogens is 2. The van der Waals surface area contributed by atoms with E-state index in [0.717, 1.165) is 22.3 Å². The number of nitrogens with zero attached hydrogens (tertiary/aromatic N) is 2. The molecule has 0 fully saturated rings. The van der Waals surface area contributed by atoms with Crippen molar-refractivity contribution in [3.05, 3.63) is 57.8 Å². The maximum Gasteiger partial charge on any atom is 0.156 e. The first-order valence-corrected chi connectivity index (χ1v) is 8.09. The molecule has 2 aromatic carbocycles. The highest BCUT2D eigenvalue weighted by molar-refractivity contribution is 6.37. The third kappa shape index (κ3) is 4.81. The van der Waals surface area contributed by atoms with E-state index in [1.807, 2.05) is 36.4 Å². The van der Waals surface area contributed by atoms with Crippen LogP contribution in [0.4, 0.5) is 5.82 Å². The van der Waals surface area contributed by atoms with Crippen molar-refractivity contribution in [1.82, 2.24) is 9.97 Å². The van der Waals surface area contributed by atoms with Gasteiger partial charge in [-0.2, -0.15) is 0 Å². The van der Waals surface area contributed by atoms with Gasteiger partial charge in [0.25, 0.3) is 0 Å². The fraction of sp³-hybridized carbons (Fsp3) is 0.176. The largest absolute Gasteiger partial charge is 0.494 e. The second-order valence-corrected chi connectivity index (χ2v) is 5.97. The molecule has 3 N–H and O–H groups in total. The number of halogens is 4. The van der Waals surface area contributed by atoms with Gasteiger partial charge in [0.1, 0.15) is 11.6 Å². The van der Waals surface area contributed by atoms with Crippen LogP contribution < -0.4 is 15.8 Å². The van der Waals surface area contributed by atoms with E-state index in [4.69, 9.17) is 33.7 Å². The highest BCUT2D eigenvalue weighted by atomic mass is 35.5. The standard InChI is InChI=1S/C17H16Cl2N4O.2ClH/c1-24-16-12(18)6-10(7-13(16)19)9-21-17-11-4-2-3-5-14(11)22-15(8-20)23-17;;/h2-7H,8-9,20H2,1H3,(H,21,22,23);2*1H. The summed E-state index contributed by atoms with van der Waals surface area (Å²) in [4.78, 5) is 8.90. The second-order valence-electron chi connectivity index (χ2n) is 5.16. The van der Waals surface area contributed by atoms with Crippen molar-refractivity contribution >= 4 is 64.7 Å². The van der Waals surface area contributed by atoms with Gasteiger partial charge in [0.15, 0.2) is 5.75 Å². The average molecular weight is 436 g/mol. The number of ether oxygens (including phenoxy) is 1. The van der Waals surface area contributed by atoms with Gasteiger partial charge in [-0.3, -0.25) is 0 Å². The summed E-state index contributed by atoms with van der Waals surface area (Å²) < 4.78 is 5.16. The normalized spacial score (nSPS) is 10.0. The van der Waals surface area contributed by atoms with Gasteiger partial charge >= 0.3 is 0 Å². The van der Waals surface area contributed by atoms with Gasteiger partial charge in [-0.25, -0.2) is 9.97 Å². The molecular formula is C17H18Cl4N4O. The van der Waals surface area contributed by atoms with E-state index in [9.17, 15) is 0 Å². The topological polar surface area (TPSA) is 73.1 Å². The number of fused-ring (bicyclic) bond motifs is 1. The molecule has 140 valence electrons. The molecule has 1 aromatic heterocycles. The summed E-state index contributed by atoms with van der Waals surface area (Å²) in [7, 11) is 1.53. The number of methoxy groups -OCH3 is 1. The average Bonchev–Trinajstić information content (AvgIpc) is 2.59. The lowest BCUT2D eigenvalue weighted by atomic mass is 10.2. The summed E-state index contributed by atoms with van der Waals surface area (Å²) >= 11 is 12.4. The number of para-hydroxylation sites is 1. The van der Waals surface area contributed by atoms with E-state index in [2.05, 4.69) is 15.3 Å². The zero-order chi connectivity index (χ0) is 17.1. The van der Waals surface area contributed by atoms with Gasteiger partial charge in [-0.1, -0.05) is 35.3 Å². The number of nitrogens with two attached hydrogens (primary N) is 1. The van der Waals surface area contributed by atoms with Crippen molar-refractivity contribution in [1.29, 1.82) is 0 Å². The lowest BCUT2D eigenvalue weighted by Crippen LogP contribution is -2.08. The van der Waals surface area contributed by atoms with Crippen molar-refractivity contribution in [2.75, 3.05) is 12.4 Å². The van der Waals surface area contributed by atoms with Crippen molar-refractivity contribution in [2.24, 2.45) is 5.73 Å². The molecule has 0 saturated carbocycles. The Morgan fingerprint density at radius 1 is 1.08 bits per heavy atom. The fourth-order valence-corrected chi connectivity index (χ4v) is 3.13. The molecule has 5 nitrogen and oxygen atoms in total. The predicted octanol–water partition coefficient (Wildman–Crippen LogP) is 4.86. The molecule has 0 aliphatic heterocycles. The van der Waals surface area contributed by atoms with Gasteiger partial charge in [0.2, 0.25) is 0 Å². The highest BCUT2D eigenvalue weighted by Gasteiger charge is 2.10. The molecule has 0 aliphatic rings.